The van der Waals surface area contributed by atoms with Crippen LogP contribution in [0.2, 0.25) is 0 Å². The second kappa shape index (κ2) is 6.65. The highest BCUT2D eigenvalue weighted by molar-refractivity contribution is 5.48. The maximum absolute atomic E-state index is 10.8. The molecule has 1 aliphatic heterocycles. The lowest BCUT2D eigenvalue weighted by Crippen LogP contribution is -2.60. The van der Waals surface area contributed by atoms with Crippen LogP contribution in [-0.4, -0.2) is 34.2 Å². The van der Waals surface area contributed by atoms with Crippen molar-refractivity contribution in [3.8, 4) is 5.75 Å². The zero-order valence-corrected chi connectivity index (χ0v) is 15.8. The fraction of sp³-hybridized carbons (Fsp3) is 0.500. The van der Waals surface area contributed by atoms with Crippen LogP contribution in [-0.2, 0) is 11.8 Å². The van der Waals surface area contributed by atoms with Gasteiger partial charge in [-0.25, -0.2) is 0 Å². The summed E-state index contributed by atoms with van der Waals surface area (Å²) >= 11 is 0. The molecule has 3 nitrogen and oxygen atoms in total. The van der Waals surface area contributed by atoms with Gasteiger partial charge in [-0.15, -0.1) is 0 Å². The molecule has 2 aromatic rings. The molecule has 3 aliphatic rings. The van der Waals surface area contributed by atoms with Gasteiger partial charge in [-0.05, 0) is 61.8 Å². The maximum Gasteiger partial charge on any atom is 0.121 e. The van der Waals surface area contributed by atoms with E-state index in [4.69, 9.17) is 0 Å². The minimum Gasteiger partial charge on any atom is -0.508 e. The van der Waals surface area contributed by atoms with Crippen molar-refractivity contribution >= 4 is 0 Å². The second-order valence-electron chi connectivity index (χ2n) is 8.73. The maximum atomic E-state index is 10.8. The summed E-state index contributed by atoms with van der Waals surface area (Å²) in [4.78, 5) is 2.69. The molecule has 2 aliphatic carbocycles. The summed E-state index contributed by atoms with van der Waals surface area (Å²) in [6.07, 6.45) is 6.18. The summed E-state index contributed by atoms with van der Waals surface area (Å²) in [6.45, 7) is 2.23. The summed E-state index contributed by atoms with van der Waals surface area (Å²) in [5.41, 5.74) is 3.61. The van der Waals surface area contributed by atoms with E-state index >= 15 is 0 Å². The number of rotatable bonds is 3. The molecule has 1 heterocycles. The van der Waals surface area contributed by atoms with Gasteiger partial charge in [-0.3, -0.25) is 4.90 Å². The van der Waals surface area contributed by atoms with E-state index in [1.54, 1.807) is 6.07 Å². The molecule has 1 saturated carbocycles. The van der Waals surface area contributed by atoms with E-state index in [1.807, 2.05) is 6.07 Å². The van der Waals surface area contributed by atoms with Crippen LogP contribution in [0.15, 0.2) is 48.5 Å². The van der Waals surface area contributed by atoms with Gasteiger partial charge in [0.15, 0.2) is 0 Å². The molecular formula is C24H29NO2. The number of phenolic OH excluding ortho intramolecular Hbond substituents is 1. The zero-order chi connectivity index (χ0) is 18.4. The number of hydrogen-bond acceptors (Lipinski definition) is 3. The van der Waals surface area contributed by atoms with Crippen LogP contribution < -0.4 is 0 Å². The second-order valence-corrected chi connectivity index (χ2v) is 8.73. The van der Waals surface area contributed by atoms with Crippen molar-refractivity contribution in [3.05, 3.63) is 65.2 Å². The highest BCUT2D eigenvalue weighted by Gasteiger charge is 2.55. The van der Waals surface area contributed by atoms with Gasteiger partial charge in [-0.2, -0.15) is 0 Å². The van der Waals surface area contributed by atoms with Crippen LogP contribution >= 0.6 is 0 Å². The minimum atomic E-state index is -0.533. The molecule has 2 aromatic carbocycles. The molecular weight excluding hydrogens is 334 g/mol. The van der Waals surface area contributed by atoms with Gasteiger partial charge in [-0.1, -0.05) is 48.9 Å². The number of piperidine rings is 1. The molecule has 1 saturated heterocycles. The number of benzene rings is 2. The molecule has 2 N–H and O–H groups in total. The number of aliphatic hydroxyl groups excluding tert-OH is 1. The number of nitrogens with zero attached hydrogens (tertiary/aromatic N) is 1. The van der Waals surface area contributed by atoms with Crippen molar-refractivity contribution in [2.24, 2.45) is 5.92 Å². The van der Waals surface area contributed by atoms with Crippen molar-refractivity contribution in [3.63, 3.8) is 0 Å². The average Bonchev–Trinajstić information content (AvgIpc) is 2.68. The van der Waals surface area contributed by atoms with Crippen LogP contribution in [0.5, 0.6) is 5.75 Å². The van der Waals surface area contributed by atoms with Gasteiger partial charge in [0.25, 0.3) is 0 Å². The van der Waals surface area contributed by atoms with E-state index in [1.165, 1.54) is 30.4 Å². The van der Waals surface area contributed by atoms with E-state index in [0.717, 1.165) is 37.9 Å². The third-order valence-electron chi connectivity index (χ3n) is 7.57. The first kappa shape index (κ1) is 17.3. The highest BCUT2D eigenvalue weighted by atomic mass is 16.3. The predicted octanol–water partition coefficient (Wildman–Crippen LogP) is 4.18. The molecule has 142 valence electrons. The van der Waals surface area contributed by atoms with Crippen LogP contribution in [0.4, 0.5) is 0 Å². The van der Waals surface area contributed by atoms with Crippen LogP contribution in [0.1, 0.15) is 54.9 Å². The summed E-state index contributed by atoms with van der Waals surface area (Å²) in [7, 11) is 0. The smallest absolute Gasteiger partial charge is 0.121 e. The SMILES string of the molecule is Oc1cccc2c1[C@H](O)C[C@@H]1[C@@H]3CCC[C@]21CCN3CCc1ccccc1. The highest BCUT2D eigenvalue weighted by Crippen LogP contribution is 2.59. The van der Waals surface area contributed by atoms with Crippen molar-refractivity contribution in [2.45, 2.75) is 56.1 Å². The van der Waals surface area contributed by atoms with E-state index in [9.17, 15) is 10.2 Å². The number of phenols is 1. The molecule has 27 heavy (non-hydrogen) atoms. The molecule has 0 amide bonds. The van der Waals surface area contributed by atoms with Gasteiger partial charge >= 0.3 is 0 Å². The molecule has 5 rings (SSSR count). The molecule has 3 heteroatoms. The fourth-order valence-electron chi connectivity index (χ4n) is 6.38. The topological polar surface area (TPSA) is 43.7 Å². The number of aliphatic hydroxyl groups is 1. The average molecular weight is 364 g/mol. The lowest BCUT2D eigenvalue weighted by molar-refractivity contribution is -0.0476. The zero-order valence-electron chi connectivity index (χ0n) is 15.8. The predicted molar refractivity (Wildman–Crippen MR) is 107 cm³/mol. The van der Waals surface area contributed by atoms with Crippen molar-refractivity contribution in [2.75, 3.05) is 13.1 Å². The van der Waals surface area contributed by atoms with Crippen molar-refractivity contribution in [1.29, 1.82) is 0 Å². The molecule has 0 aromatic heterocycles. The van der Waals surface area contributed by atoms with Gasteiger partial charge in [0.05, 0.1) is 6.10 Å². The third-order valence-corrected chi connectivity index (χ3v) is 7.57. The Morgan fingerprint density at radius 3 is 2.74 bits per heavy atom. The lowest BCUT2D eigenvalue weighted by atomic mass is 9.52. The first-order chi connectivity index (χ1) is 13.2. The quantitative estimate of drug-likeness (QED) is 0.860. The van der Waals surface area contributed by atoms with Crippen molar-refractivity contribution < 1.29 is 10.2 Å². The Morgan fingerprint density at radius 2 is 1.89 bits per heavy atom. The van der Waals surface area contributed by atoms with Crippen LogP contribution in [0, 0.1) is 5.92 Å². The molecule has 0 spiro atoms. The van der Waals surface area contributed by atoms with Gasteiger partial charge in [0.1, 0.15) is 5.75 Å². The summed E-state index contributed by atoms with van der Waals surface area (Å²) in [6, 6.07) is 17.2. The summed E-state index contributed by atoms with van der Waals surface area (Å²) < 4.78 is 0. The van der Waals surface area contributed by atoms with Crippen LogP contribution in [0.25, 0.3) is 0 Å². The number of likely N-dealkylation sites (tertiary alicyclic amines) is 1. The summed E-state index contributed by atoms with van der Waals surface area (Å²) in [5.74, 6) is 0.779. The van der Waals surface area contributed by atoms with E-state index in [2.05, 4.69) is 41.3 Å². The fourth-order valence-corrected chi connectivity index (χ4v) is 6.38. The van der Waals surface area contributed by atoms with Gasteiger partial charge in [0.2, 0.25) is 0 Å². The monoisotopic (exact) mass is 363 g/mol. The Kier molecular flexibility index (Phi) is 4.25. The molecule has 0 radical (unpaired) electrons. The Bertz CT molecular complexity index is 820. The number of aromatic hydroxyl groups is 1. The van der Waals surface area contributed by atoms with Gasteiger partial charge in [0, 0.05) is 23.6 Å². The molecule has 2 bridgehead atoms. The minimum absolute atomic E-state index is 0.152. The van der Waals surface area contributed by atoms with Crippen molar-refractivity contribution in [1.82, 2.24) is 4.90 Å². The first-order valence-corrected chi connectivity index (χ1v) is 10.5. The Morgan fingerprint density at radius 1 is 1.04 bits per heavy atom. The first-order valence-electron chi connectivity index (χ1n) is 10.5. The molecule has 4 atom stereocenters. The number of hydrogen-bond donors (Lipinski definition) is 2. The summed E-state index contributed by atoms with van der Waals surface area (Å²) in [5, 5.41) is 21.3. The third kappa shape index (κ3) is 2.71. The van der Waals surface area contributed by atoms with Gasteiger partial charge < -0.3 is 10.2 Å². The molecule has 0 unspecified atom stereocenters. The van der Waals surface area contributed by atoms with E-state index in [0.29, 0.717) is 12.0 Å². The Balaban J connectivity index is 1.44. The van der Waals surface area contributed by atoms with E-state index in [-0.39, 0.29) is 11.2 Å². The standard InChI is InChI=1S/C24H29NO2/c26-21-10-4-8-18-23(21)22(27)16-19-20-9-5-12-24(18,19)13-15-25(20)14-11-17-6-2-1-3-7-17/h1-4,6-8,10,19-20,22,26-27H,5,9,11-16H2/t19-,20+,22-,24+/m1/s1. The largest absolute Gasteiger partial charge is 0.508 e. The van der Waals surface area contributed by atoms with Crippen LogP contribution in [0.3, 0.4) is 0 Å². The van der Waals surface area contributed by atoms with E-state index < -0.39 is 6.10 Å². The number of fused-ring (bicyclic) bond motifs is 1. The lowest BCUT2D eigenvalue weighted by Gasteiger charge is -2.59. The normalized spacial score (nSPS) is 32.6. The Labute approximate surface area is 161 Å². The molecule has 2 fully saturated rings. The Hall–Kier alpha value is -1.84.